The molecule has 0 radical (unpaired) electrons. The highest BCUT2D eigenvalue weighted by atomic mass is 16.2. The molecule has 2 amide bonds. The summed E-state index contributed by atoms with van der Waals surface area (Å²) in [7, 11) is 0. The zero-order valence-electron chi connectivity index (χ0n) is 10.1. The van der Waals surface area contributed by atoms with Crippen molar-refractivity contribution in [2.45, 2.75) is 13.5 Å². The van der Waals surface area contributed by atoms with E-state index in [4.69, 9.17) is 5.73 Å². The van der Waals surface area contributed by atoms with E-state index in [1.165, 1.54) is 5.56 Å². The van der Waals surface area contributed by atoms with Crippen LogP contribution in [0.3, 0.4) is 0 Å². The minimum absolute atomic E-state index is 0.297. The van der Waals surface area contributed by atoms with Gasteiger partial charge < -0.3 is 11.1 Å². The van der Waals surface area contributed by atoms with E-state index in [-0.39, 0.29) is 0 Å². The van der Waals surface area contributed by atoms with Gasteiger partial charge in [0.05, 0.1) is 0 Å². The molecule has 0 aliphatic heterocycles. The molecule has 4 nitrogen and oxygen atoms in total. The Balaban J connectivity index is 2.18. The van der Waals surface area contributed by atoms with Crippen molar-refractivity contribution in [2.75, 3.05) is 0 Å². The lowest BCUT2D eigenvalue weighted by Crippen LogP contribution is -2.35. The maximum Gasteiger partial charge on any atom is 0.309 e. The Labute approximate surface area is 105 Å². The second kappa shape index (κ2) is 4.87. The fourth-order valence-electron chi connectivity index (χ4n) is 1.79. The summed E-state index contributed by atoms with van der Waals surface area (Å²) < 4.78 is 0. The standard InChI is InChI=1S/C14H14N2O2/c1-9-2-4-12-7-10(3-5-11(12)6-9)8-16-14(18)13(15)17/h2-7H,8H2,1H3,(H2,15,17)(H,16,18). The Bertz CT molecular complexity index is 620. The van der Waals surface area contributed by atoms with Crippen LogP contribution >= 0.6 is 0 Å². The van der Waals surface area contributed by atoms with Crippen LogP contribution in [-0.4, -0.2) is 11.8 Å². The summed E-state index contributed by atoms with van der Waals surface area (Å²) in [6.07, 6.45) is 0. The summed E-state index contributed by atoms with van der Waals surface area (Å²) >= 11 is 0. The zero-order valence-corrected chi connectivity index (χ0v) is 10.1. The fraction of sp³-hybridized carbons (Fsp3) is 0.143. The van der Waals surface area contributed by atoms with E-state index in [9.17, 15) is 9.59 Å². The number of fused-ring (bicyclic) bond motifs is 1. The summed E-state index contributed by atoms with van der Waals surface area (Å²) in [6, 6.07) is 12.1. The van der Waals surface area contributed by atoms with Crippen LogP contribution in [0.4, 0.5) is 0 Å². The molecule has 0 aliphatic rings. The first-order valence-electron chi connectivity index (χ1n) is 5.63. The molecule has 18 heavy (non-hydrogen) atoms. The predicted octanol–water partition coefficient (Wildman–Crippen LogP) is 1.25. The molecular formula is C14H14N2O2. The minimum atomic E-state index is -0.966. The smallest absolute Gasteiger partial charge is 0.309 e. The SMILES string of the molecule is Cc1ccc2cc(CNC(=O)C(N)=O)ccc2c1. The Hall–Kier alpha value is -2.36. The van der Waals surface area contributed by atoms with Crippen LogP contribution in [0.1, 0.15) is 11.1 Å². The van der Waals surface area contributed by atoms with Gasteiger partial charge in [-0.15, -0.1) is 0 Å². The molecule has 2 aromatic rings. The molecule has 0 bridgehead atoms. The first-order valence-corrected chi connectivity index (χ1v) is 5.63. The number of hydrogen-bond donors (Lipinski definition) is 2. The molecule has 92 valence electrons. The second-order valence-electron chi connectivity index (χ2n) is 4.23. The van der Waals surface area contributed by atoms with Crippen molar-refractivity contribution in [1.82, 2.24) is 5.32 Å². The molecule has 3 N–H and O–H groups in total. The van der Waals surface area contributed by atoms with Gasteiger partial charge in [-0.1, -0.05) is 35.9 Å². The van der Waals surface area contributed by atoms with Crippen LogP contribution in [0.25, 0.3) is 10.8 Å². The van der Waals surface area contributed by atoms with E-state index in [0.717, 1.165) is 16.3 Å². The molecule has 0 heterocycles. The lowest BCUT2D eigenvalue weighted by atomic mass is 10.0. The van der Waals surface area contributed by atoms with Crippen molar-refractivity contribution < 1.29 is 9.59 Å². The summed E-state index contributed by atoms with van der Waals surface area (Å²) in [4.78, 5) is 21.6. The van der Waals surface area contributed by atoms with Gasteiger partial charge in [0.1, 0.15) is 0 Å². The van der Waals surface area contributed by atoms with Gasteiger partial charge in [0.2, 0.25) is 0 Å². The second-order valence-corrected chi connectivity index (χ2v) is 4.23. The molecule has 0 aliphatic carbocycles. The van der Waals surface area contributed by atoms with Crippen LogP contribution in [-0.2, 0) is 16.1 Å². The first-order chi connectivity index (χ1) is 8.56. The molecule has 2 rings (SSSR count). The van der Waals surface area contributed by atoms with Gasteiger partial charge in [0, 0.05) is 6.54 Å². The third-order valence-electron chi connectivity index (χ3n) is 2.74. The monoisotopic (exact) mass is 242 g/mol. The normalized spacial score (nSPS) is 10.3. The van der Waals surface area contributed by atoms with Crippen molar-refractivity contribution in [3.8, 4) is 0 Å². The number of aryl methyl sites for hydroxylation is 1. The van der Waals surface area contributed by atoms with Crippen molar-refractivity contribution in [3.05, 3.63) is 47.5 Å². The number of rotatable bonds is 2. The van der Waals surface area contributed by atoms with Crippen LogP contribution in [0.15, 0.2) is 36.4 Å². The van der Waals surface area contributed by atoms with Gasteiger partial charge >= 0.3 is 11.8 Å². The Morgan fingerprint density at radius 1 is 1.11 bits per heavy atom. The number of nitrogens with two attached hydrogens (primary N) is 1. The van der Waals surface area contributed by atoms with E-state index >= 15 is 0 Å². The number of carbonyl (C=O) groups is 2. The van der Waals surface area contributed by atoms with Crippen LogP contribution in [0.5, 0.6) is 0 Å². The lowest BCUT2D eigenvalue weighted by molar-refractivity contribution is -0.137. The third kappa shape index (κ3) is 2.66. The number of nitrogens with one attached hydrogen (secondary N) is 1. The number of benzene rings is 2. The fourth-order valence-corrected chi connectivity index (χ4v) is 1.79. The Morgan fingerprint density at radius 2 is 1.78 bits per heavy atom. The van der Waals surface area contributed by atoms with Gasteiger partial charge in [0.25, 0.3) is 0 Å². The largest absolute Gasteiger partial charge is 0.361 e. The summed E-state index contributed by atoms with van der Waals surface area (Å²) in [5.74, 6) is -1.73. The van der Waals surface area contributed by atoms with Gasteiger partial charge in [-0.25, -0.2) is 0 Å². The van der Waals surface area contributed by atoms with Gasteiger partial charge in [-0.2, -0.15) is 0 Å². The molecule has 0 atom stereocenters. The molecule has 0 unspecified atom stereocenters. The Morgan fingerprint density at radius 3 is 2.50 bits per heavy atom. The predicted molar refractivity (Wildman–Crippen MR) is 69.7 cm³/mol. The first kappa shape index (κ1) is 12.1. The molecule has 0 fully saturated rings. The number of primary amides is 1. The lowest BCUT2D eigenvalue weighted by Gasteiger charge is -2.05. The Kier molecular flexibility index (Phi) is 3.28. The van der Waals surface area contributed by atoms with E-state index < -0.39 is 11.8 Å². The molecule has 0 saturated heterocycles. The number of carbonyl (C=O) groups excluding carboxylic acids is 2. The quantitative estimate of drug-likeness (QED) is 0.778. The van der Waals surface area contributed by atoms with Crippen LogP contribution in [0, 0.1) is 6.92 Å². The molecule has 4 heteroatoms. The van der Waals surface area contributed by atoms with Crippen molar-refractivity contribution in [1.29, 1.82) is 0 Å². The number of hydrogen-bond acceptors (Lipinski definition) is 2. The van der Waals surface area contributed by atoms with Crippen molar-refractivity contribution in [3.63, 3.8) is 0 Å². The molecular weight excluding hydrogens is 228 g/mol. The van der Waals surface area contributed by atoms with Gasteiger partial charge in [0.15, 0.2) is 0 Å². The highest BCUT2D eigenvalue weighted by Crippen LogP contribution is 2.17. The van der Waals surface area contributed by atoms with Crippen LogP contribution < -0.4 is 11.1 Å². The van der Waals surface area contributed by atoms with Crippen molar-refractivity contribution >= 4 is 22.6 Å². The molecule has 0 saturated carbocycles. The summed E-state index contributed by atoms with van der Waals surface area (Å²) in [5.41, 5.74) is 6.99. The number of amides is 2. The maximum absolute atomic E-state index is 11.0. The van der Waals surface area contributed by atoms with Crippen LogP contribution in [0.2, 0.25) is 0 Å². The van der Waals surface area contributed by atoms with E-state index in [2.05, 4.69) is 11.4 Å². The third-order valence-corrected chi connectivity index (χ3v) is 2.74. The average molecular weight is 242 g/mol. The van der Waals surface area contributed by atoms with E-state index in [1.54, 1.807) is 0 Å². The highest BCUT2D eigenvalue weighted by Gasteiger charge is 2.07. The van der Waals surface area contributed by atoms with E-state index in [0.29, 0.717) is 6.54 Å². The van der Waals surface area contributed by atoms with Gasteiger partial charge in [-0.05, 0) is 29.3 Å². The molecule has 0 aromatic heterocycles. The minimum Gasteiger partial charge on any atom is -0.361 e. The average Bonchev–Trinajstić information content (AvgIpc) is 2.35. The summed E-state index contributed by atoms with van der Waals surface area (Å²) in [6.45, 7) is 2.34. The zero-order chi connectivity index (χ0) is 13.1. The van der Waals surface area contributed by atoms with Gasteiger partial charge in [-0.3, -0.25) is 9.59 Å². The van der Waals surface area contributed by atoms with Crippen molar-refractivity contribution in [2.24, 2.45) is 5.73 Å². The topological polar surface area (TPSA) is 72.2 Å². The maximum atomic E-state index is 11.0. The molecule has 0 spiro atoms. The highest BCUT2D eigenvalue weighted by molar-refractivity contribution is 6.34. The summed E-state index contributed by atoms with van der Waals surface area (Å²) in [5, 5.41) is 4.72. The molecule has 2 aromatic carbocycles. The van der Waals surface area contributed by atoms with E-state index in [1.807, 2.05) is 37.3 Å².